The van der Waals surface area contributed by atoms with Gasteiger partial charge in [-0.2, -0.15) is 0 Å². The summed E-state index contributed by atoms with van der Waals surface area (Å²) in [4.78, 5) is 34.9. The first-order chi connectivity index (χ1) is 13.4. The van der Waals surface area contributed by atoms with Gasteiger partial charge >= 0.3 is 0 Å². The minimum Gasteiger partial charge on any atom is -0.497 e. The Morgan fingerprint density at radius 2 is 1.89 bits per heavy atom. The number of anilines is 1. The number of nitrogens with zero attached hydrogens (tertiary/aromatic N) is 4. The molecule has 8 nitrogen and oxygen atoms in total. The summed E-state index contributed by atoms with van der Waals surface area (Å²) in [5, 5.41) is 0.960. The average Bonchev–Trinajstić information content (AvgIpc) is 2.71. The maximum Gasteiger partial charge on any atom is 0.247 e. The molecule has 2 saturated heterocycles. The third kappa shape index (κ3) is 2.89. The number of hydrogen-bond acceptors (Lipinski definition) is 6. The van der Waals surface area contributed by atoms with Crippen molar-refractivity contribution in [1.29, 1.82) is 0 Å². The van der Waals surface area contributed by atoms with E-state index in [0.717, 1.165) is 22.3 Å². The Morgan fingerprint density at radius 3 is 2.61 bits per heavy atom. The molecule has 0 saturated carbocycles. The van der Waals surface area contributed by atoms with Crippen molar-refractivity contribution >= 4 is 28.5 Å². The molecule has 0 radical (unpaired) electrons. The molecule has 2 aliphatic rings. The fraction of sp³-hybridized carbons (Fsp3) is 0.450. The number of aryl methyl sites for hydroxylation is 1. The smallest absolute Gasteiger partial charge is 0.247 e. The van der Waals surface area contributed by atoms with Crippen LogP contribution in [-0.4, -0.2) is 80.1 Å². The molecule has 2 aliphatic heterocycles. The van der Waals surface area contributed by atoms with Crippen molar-refractivity contribution in [3.05, 3.63) is 23.8 Å². The molecule has 1 aromatic heterocycles. The molecule has 8 heteroatoms. The number of hydrogen-bond donors (Lipinski definition) is 0. The van der Waals surface area contributed by atoms with Crippen molar-refractivity contribution in [2.45, 2.75) is 13.0 Å². The van der Waals surface area contributed by atoms with Gasteiger partial charge < -0.3 is 24.2 Å². The first kappa shape index (κ1) is 18.3. The predicted molar refractivity (Wildman–Crippen MR) is 105 cm³/mol. The largest absolute Gasteiger partial charge is 0.497 e. The van der Waals surface area contributed by atoms with Crippen molar-refractivity contribution in [2.75, 3.05) is 52.3 Å². The van der Waals surface area contributed by atoms with Gasteiger partial charge in [0.2, 0.25) is 11.8 Å². The fourth-order valence-electron chi connectivity index (χ4n) is 3.98. The number of pyridine rings is 1. The Kier molecular flexibility index (Phi) is 4.49. The summed E-state index contributed by atoms with van der Waals surface area (Å²) >= 11 is 0. The number of amides is 2. The molecular weight excluding hydrogens is 360 g/mol. The van der Waals surface area contributed by atoms with E-state index >= 15 is 0 Å². The summed E-state index contributed by atoms with van der Waals surface area (Å²) in [5.41, 5.74) is 1.80. The van der Waals surface area contributed by atoms with Crippen LogP contribution in [0.4, 0.5) is 5.82 Å². The van der Waals surface area contributed by atoms with Crippen LogP contribution >= 0.6 is 0 Å². The third-order valence-electron chi connectivity index (χ3n) is 5.56. The molecular formula is C20H24N4O4. The van der Waals surface area contributed by atoms with E-state index in [2.05, 4.69) is 4.90 Å². The van der Waals surface area contributed by atoms with Crippen molar-refractivity contribution in [3.63, 3.8) is 0 Å². The lowest BCUT2D eigenvalue weighted by molar-refractivity contribution is -0.154. The number of aromatic nitrogens is 1. The quantitative estimate of drug-likeness (QED) is 0.788. The van der Waals surface area contributed by atoms with Crippen LogP contribution in [0.15, 0.2) is 18.2 Å². The van der Waals surface area contributed by atoms with Gasteiger partial charge in [-0.15, -0.1) is 0 Å². The second-order valence-corrected chi connectivity index (χ2v) is 7.27. The van der Waals surface area contributed by atoms with Crippen molar-refractivity contribution < 1.29 is 19.1 Å². The zero-order valence-corrected chi connectivity index (χ0v) is 16.6. The molecule has 0 aliphatic carbocycles. The number of piperazine rings is 2. The van der Waals surface area contributed by atoms with Gasteiger partial charge in [0.15, 0.2) is 0 Å². The van der Waals surface area contributed by atoms with Crippen molar-refractivity contribution in [1.82, 2.24) is 14.8 Å². The molecule has 2 amide bonds. The number of likely N-dealkylation sites (N-methyl/N-ethyl adjacent to an activating group) is 1. The topological polar surface area (TPSA) is 75.2 Å². The molecule has 4 rings (SSSR count). The molecule has 0 bridgehead atoms. The molecule has 0 N–H and O–H groups in total. The molecule has 28 heavy (non-hydrogen) atoms. The highest BCUT2D eigenvalue weighted by Gasteiger charge is 2.41. The second-order valence-electron chi connectivity index (χ2n) is 7.27. The number of rotatable bonds is 3. The standard InChI is InChI=1S/C20H24N4O4/c1-12-7-17(21-19-14(12)8-13(27-3)9-16(19)28-4)23-5-6-24-15(10-23)20(26)22(2)11-18(24)25/h7-9,15H,5-6,10-11H2,1-4H3. The number of carbonyl (C=O) groups is 2. The fourth-order valence-corrected chi connectivity index (χ4v) is 3.98. The molecule has 1 atom stereocenters. The van der Waals surface area contributed by atoms with E-state index in [4.69, 9.17) is 14.5 Å². The van der Waals surface area contributed by atoms with E-state index in [1.54, 1.807) is 26.2 Å². The van der Waals surface area contributed by atoms with E-state index in [1.807, 2.05) is 25.1 Å². The van der Waals surface area contributed by atoms with E-state index in [0.29, 0.717) is 31.1 Å². The predicted octanol–water partition coefficient (Wildman–Crippen LogP) is 1.05. The minimum atomic E-state index is -0.462. The Bertz CT molecular complexity index is 961. The lowest BCUT2D eigenvalue weighted by atomic mass is 10.1. The summed E-state index contributed by atoms with van der Waals surface area (Å²) in [7, 11) is 4.91. The lowest BCUT2D eigenvalue weighted by Crippen LogP contribution is -2.66. The zero-order valence-electron chi connectivity index (χ0n) is 16.6. The molecule has 1 aromatic carbocycles. The number of carbonyl (C=O) groups excluding carboxylic acids is 2. The maximum absolute atomic E-state index is 12.6. The first-order valence-corrected chi connectivity index (χ1v) is 9.25. The molecule has 0 spiro atoms. The van der Waals surface area contributed by atoms with Gasteiger partial charge in [-0.1, -0.05) is 0 Å². The molecule has 1 unspecified atom stereocenters. The SMILES string of the molecule is COc1cc(OC)c2nc(N3CCN4C(=O)CN(C)C(=O)C4C3)cc(C)c2c1. The van der Waals surface area contributed by atoms with Gasteiger partial charge in [0.1, 0.15) is 28.9 Å². The van der Waals surface area contributed by atoms with Crippen LogP contribution in [0.5, 0.6) is 11.5 Å². The number of fused-ring (bicyclic) bond motifs is 2. The summed E-state index contributed by atoms with van der Waals surface area (Å²) in [6.45, 7) is 3.76. The zero-order chi connectivity index (χ0) is 20.0. The van der Waals surface area contributed by atoms with Gasteiger partial charge in [0.25, 0.3) is 0 Å². The molecule has 2 aromatic rings. The van der Waals surface area contributed by atoms with E-state index < -0.39 is 6.04 Å². The first-order valence-electron chi connectivity index (χ1n) is 9.25. The van der Waals surface area contributed by atoms with Crippen LogP contribution in [0.3, 0.4) is 0 Å². The normalized spacial score (nSPS) is 19.9. The lowest BCUT2D eigenvalue weighted by Gasteiger charge is -2.45. The van der Waals surface area contributed by atoms with Crippen LogP contribution in [0, 0.1) is 6.92 Å². The average molecular weight is 384 g/mol. The molecule has 3 heterocycles. The van der Waals surface area contributed by atoms with Crippen LogP contribution in [0.25, 0.3) is 10.9 Å². The summed E-state index contributed by atoms with van der Waals surface area (Å²) in [6.07, 6.45) is 0. The summed E-state index contributed by atoms with van der Waals surface area (Å²) in [5.74, 6) is 2.11. The van der Waals surface area contributed by atoms with E-state index in [1.165, 1.54) is 4.90 Å². The van der Waals surface area contributed by atoms with Gasteiger partial charge in [-0.05, 0) is 24.6 Å². The number of methoxy groups -OCH3 is 2. The highest BCUT2D eigenvalue weighted by atomic mass is 16.5. The Balaban J connectivity index is 1.71. The molecule has 2 fully saturated rings. The van der Waals surface area contributed by atoms with Gasteiger partial charge in [0.05, 0.1) is 20.8 Å². The Hall–Kier alpha value is -3.03. The van der Waals surface area contributed by atoms with Crippen LogP contribution in [-0.2, 0) is 9.59 Å². The number of ether oxygens (including phenoxy) is 2. The Morgan fingerprint density at radius 1 is 1.11 bits per heavy atom. The third-order valence-corrected chi connectivity index (χ3v) is 5.56. The molecule has 148 valence electrons. The summed E-state index contributed by atoms with van der Waals surface area (Å²) in [6, 6.07) is 5.31. The highest BCUT2D eigenvalue weighted by Crippen LogP contribution is 2.34. The second kappa shape index (κ2) is 6.85. The van der Waals surface area contributed by atoms with E-state index in [9.17, 15) is 9.59 Å². The minimum absolute atomic E-state index is 0.00293. The van der Waals surface area contributed by atoms with Gasteiger partial charge in [-0.3, -0.25) is 9.59 Å². The van der Waals surface area contributed by atoms with Crippen molar-refractivity contribution in [2.24, 2.45) is 0 Å². The van der Waals surface area contributed by atoms with Gasteiger partial charge in [0, 0.05) is 38.1 Å². The summed E-state index contributed by atoms with van der Waals surface area (Å²) < 4.78 is 10.9. The van der Waals surface area contributed by atoms with Crippen molar-refractivity contribution in [3.8, 4) is 11.5 Å². The highest BCUT2D eigenvalue weighted by molar-refractivity contribution is 5.95. The van der Waals surface area contributed by atoms with Gasteiger partial charge in [-0.25, -0.2) is 4.98 Å². The Labute approximate surface area is 163 Å². The van der Waals surface area contributed by atoms with E-state index in [-0.39, 0.29) is 18.4 Å². The number of benzene rings is 1. The monoisotopic (exact) mass is 384 g/mol. The van der Waals surface area contributed by atoms with Crippen LogP contribution in [0.2, 0.25) is 0 Å². The maximum atomic E-state index is 12.6. The van der Waals surface area contributed by atoms with Crippen LogP contribution in [0.1, 0.15) is 5.56 Å². The van der Waals surface area contributed by atoms with Crippen LogP contribution < -0.4 is 14.4 Å².